The highest BCUT2D eigenvalue weighted by Gasteiger charge is 2.41. The fourth-order valence-electron chi connectivity index (χ4n) is 3.75. The Hall–Kier alpha value is -2.37. The average molecular weight is 458 g/mol. The van der Waals surface area contributed by atoms with E-state index in [0.29, 0.717) is 9.50 Å². The van der Waals surface area contributed by atoms with E-state index in [1.54, 1.807) is 12.1 Å². The molecule has 140 valence electrons. The third-order valence-electron chi connectivity index (χ3n) is 5.09. The van der Waals surface area contributed by atoms with E-state index in [0.717, 1.165) is 34.6 Å². The van der Waals surface area contributed by atoms with Gasteiger partial charge in [0.2, 0.25) is 6.23 Å². The van der Waals surface area contributed by atoms with Gasteiger partial charge in [0, 0.05) is 22.6 Å². The van der Waals surface area contributed by atoms with Gasteiger partial charge in [-0.3, -0.25) is 0 Å². The summed E-state index contributed by atoms with van der Waals surface area (Å²) < 4.78 is 20.4. The summed E-state index contributed by atoms with van der Waals surface area (Å²) >= 11 is 9.53. The van der Waals surface area contributed by atoms with E-state index < -0.39 is 6.23 Å². The monoisotopic (exact) mass is 456 g/mol. The standard InChI is InChI=1S/C22H15BrClFN2O/c23-17-10-14(6-8-18(17)25)22-27-20(16-11-15(24)7-9-21(16)28-22)12-19(26-27)13-4-2-1-3-5-13/h1-11,20,22H,12H2/t20-,22-/m0/s1. The van der Waals surface area contributed by atoms with Crippen LogP contribution in [-0.4, -0.2) is 10.7 Å². The van der Waals surface area contributed by atoms with Gasteiger partial charge < -0.3 is 4.74 Å². The van der Waals surface area contributed by atoms with Crippen LogP contribution in [0.3, 0.4) is 0 Å². The Morgan fingerprint density at radius 3 is 2.68 bits per heavy atom. The summed E-state index contributed by atoms with van der Waals surface area (Å²) in [4.78, 5) is 0. The molecule has 0 bridgehead atoms. The van der Waals surface area contributed by atoms with Crippen LogP contribution in [0.15, 0.2) is 76.3 Å². The molecule has 0 radical (unpaired) electrons. The van der Waals surface area contributed by atoms with Gasteiger partial charge in [-0.25, -0.2) is 9.40 Å². The minimum atomic E-state index is -0.447. The number of fused-ring (bicyclic) bond motifs is 3. The number of hydrazone groups is 1. The number of halogens is 3. The fraction of sp³-hybridized carbons (Fsp3) is 0.136. The molecule has 3 nitrogen and oxygen atoms in total. The molecule has 0 saturated heterocycles. The highest BCUT2D eigenvalue weighted by molar-refractivity contribution is 9.10. The molecule has 28 heavy (non-hydrogen) atoms. The number of hydrogen-bond donors (Lipinski definition) is 0. The van der Waals surface area contributed by atoms with E-state index in [1.807, 2.05) is 41.4 Å². The van der Waals surface area contributed by atoms with E-state index in [4.69, 9.17) is 21.4 Å². The van der Waals surface area contributed by atoms with E-state index in [-0.39, 0.29) is 11.9 Å². The van der Waals surface area contributed by atoms with Gasteiger partial charge in [0.1, 0.15) is 11.6 Å². The van der Waals surface area contributed by atoms with Gasteiger partial charge >= 0.3 is 0 Å². The van der Waals surface area contributed by atoms with Crippen molar-refractivity contribution in [2.45, 2.75) is 18.7 Å². The van der Waals surface area contributed by atoms with Crippen LogP contribution < -0.4 is 4.74 Å². The number of nitrogens with zero attached hydrogens (tertiary/aromatic N) is 2. The number of benzene rings is 3. The molecule has 3 aromatic rings. The third kappa shape index (κ3) is 2.99. The van der Waals surface area contributed by atoms with Gasteiger partial charge in [0.05, 0.1) is 16.2 Å². The maximum absolute atomic E-state index is 13.8. The van der Waals surface area contributed by atoms with Crippen molar-refractivity contribution in [1.82, 2.24) is 5.01 Å². The summed E-state index contributed by atoms with van der Waals surface area (Å²) in [5.41, 5.74) is 3.92. The molecule has 2 atom stereocenters. The molecule has 2 aliphatic rings. The van der Waals surface area contributed by atoms with Crippen molar-refractivity contribution in [3.8, 4) is 5.75 Å². The van der Waals surface area contributed by atoms with Gasteiger partial charge in [-0.05, 0) is 51.8 Å². The number of hydrogen-bond acceptors (Lipinski definition) is 3. The Balaban J connectivity index is 1.62. The third-order valence-corrected chi connectivity index (χ3v) is 5.93. The quantitative estimate of drug-likeness (QED) is 0.440. The summed E-state index contributed by atoms with van der Waals surface area (Å²) in [7, 11) is 0. The lowest BCUT2D eigenvalue weighted by molar-refractivity contribution is -0.0191. The van der Waals surface area contributed by atoms with Gasteiger partial charge in [-0.2, -0.15) is 5.10 Å². The molecule has 0 N–H and O–H groups in total. The Morgan fingerprint density at radius 2 is 1.89 bits per heavy atom. The molecule has 0 spiro atoms. The van der Waals surface area contributed by atoms with Gasteiger partial charge in [-0.1, -0.05) is 48.0 Å². The van der Waals surface area contributed by atoms with Crippen molar-refractivity contribution in [2.24, 2.45) is 5.10 Å². The van der Waals surface area contributed by atoms with Crippen LogP contribution in [0.1, 0.15) is 35.4 Å². The van der Waals surface area contributed by atoms with Crippen molar-refractivity contribution in [1.29, 1.82) is 0 Å². The Bertz CT molecular complexity index is 1090. The van der Waals surface area contributed by atoms with Gasteiger partial charge in [0.25, 0.3) is 0 Å². The predicted octanol–water partition coefficient (Wildman–Crippen LogP) is 6.48. The Kier molecular flexibility index (Phi) is 4.37. The molecule has 2 heterocycles. The molecule has 3 aromatic carbocycles. The first kappa shape index (κ1) is 17.7. The Labute approximate surface area is 175 Å². The zero-order valence-corrected chi connectivity index (χ0v) is 17.0. The molecular formula is C22H15BrClFN2O. The zero-order valence-electron chi connectivity index (χ0n) is 14.6. The highest BCUT2D eigenvalue weighted by Crippen LogP contribution is 2.48. The lowest BCUT2D eigenvalue weighted by Crippen LogP contribution is -2.33. The molecule has 0 saturated carbocycles. The summed E-state index contributed by atoms with van der Waals surface area (Å²) in [6.07, 6.45) is 0.302. The summed E-state index contributed by atoms with van der Waals surface area (Å²) in [5.74, 6) is 0.471. The molecule has 5 rings (SSSR count). The second-order valence-electron chi connectivity index (χ2n) is 6.84. The largest absolute Gasteiger partial charge is 0.464 e. The van der Waals surface area contributed by atoms with Crippen LogP contribution in [0.25, 0.3) is 0 Å². The molecule has 2 aliphatic heterocycles. The topological polar surface area (TPSA) is 24.8 Å². The van der Waals surface area contributed by atoms with Crippen molar-refractivity contribution in [2.75, 3.05) is 0 Å². The molecule has 0 aromatic heterocycles. The highest BCUT2D eigenvalue weighted by atomic mass is 79.9. The van der Waals surface area contributed by atoms with E-state index in [2.05, 4.69) is 28.1 Å². The molecule has 6 heteroatoms. The van der Waals surface area contributed by atoms with Crippen molar-refractivity contribution in [3.05, 3.63) is 98.7 Å². The first-order chi connectivity index (χ1) is 13.6. The SMILES string of the molecule is Fc1ccc([C@@H]2Oc3ccc(Cl)cc3[C@@H]3CC(c4ccccc4)=NN32)cc1Br. The lowest BCUT2D eigenvalue weighted by atomic mass is 9.96. The minimum Gasteiger partial charge on any atom is -0.464 e. The molecule has 0 unspecified atom stereocenters. The van der Waals surface area contributed by atoms with E-state index >= 15 is 0 Å². The smallest absolute Gasteiger partial charge is 0.213 e. The maximum Gasteiger partial charge on any atom is 0.213 e. The second-order valence-corrected chi connectivity index (χ2v) is 8.13. The van der Waals surface area contributed by atoms with Crippen molar-refractivity contribution in [3.63, 3.8) is 0 Å². The van der Waals surface area contributed by atoms with Gasteiger partial charge in [-0.15, -0.1) is 0 Å². The normalized spacial score (nSPS) is 20.2. The summed E-state index contributed by atoms with van der Waals surface area (Å²) in [6.45, 7) is 0. The average Bonchev–Trinajstić information content (AvgIpc) is 3.16. The summed E-state index contributed by atoms with van der Waals surface area (Å²) in [6, 6.07) is 20.7. The lowest BCUT2D eigenvalue weighted by Gasteiger charge is -2.38. The zero-order chi connectivity index (χ0) is 19.3. The molecule has 0 amide bonds. The number of rotatable bonds is 2. The Morgan fingerprint density at radius 1 is 1.07 bits per heavy atom. The minimum absolute atomic E-state index is 0.00600. The maximum atomic E-state index is 13.8. The molecule has 0 fully saturated rings. The van der Waals surface area contributed by atoms with Crippen LogP contribution in [0.2, 0.25) is 5.02 Å². The second kappa shape index (κ2) is 6.90. The van der Waals surface area contributed by atoms with Crippen LogP contribution in [-0.2, 0) is 0 Å². The predicted molar refractivity (Wildman–Crippen MR) is 111 cm³/mol. The van der Waals surface area contributed by atoms with Crippen LogP contribution in [0.5, 0.6) is 5.75 Å². The molecule has 0 aliphatic carbocycles. The van der Waals surface area contributed by atoms with E-state index in [9.17, 15) is 4.39 Å². The van der Waals surface area contributed by atoms with Gasteiger partial charge in [0.15, 0.2) is 0 Å². The van der Waals surface area contributed by atoms with Crippen molar-refractivity contribution >= 4 is 33.2 Å². The first-order valence-electron chi connectivity index (χ1n) is 8.92. The van der Waals surface area contributed by atoms with Crippen LogP contribution in [0, 0.1) is 5.82 Å². The fourth-order valence-corrected chi connectivity index (χ4v) is 4.33. The van der Waals surface area contributed by atoms with Crippen molar-refractivity contribution < 1.29 is 9.13 Å². The van der Waals surface area contributed by atoms with Crippen LogP contribution >= 0.6 is 27.5 Å². The molecular weight excluding hydrogens is 443 g/mol. The summed E-state index contributed by atoms with van der Waals surface area (Å²) in [5, 5.41) is 7.52. The van der Waals surface area contributed by atoms with Crippen LogP contribution in [0.4, 0.5) is 4.39 Å². The van der Waals surface area contributed by atoms with E-state index in [1.165, 1.54) is 6.07 Å². The first-order valence-corrected chi connectivity index (χ1v) is 10.1. The number of ether oxygens (including phenoxy) is 1.